The third-order valence-electron chi connectivity index (χ3n) is 8.12. The van der Waals surface area contributed by atoms with Crippen molar-refractivity contribution in [3.05, 3.63) is 42.2 Å². The van der Waals surface area contributed by atoms with Crippen LogP contribution in [-0.4, -0.2) is 88.6 Å². The summed E-state index contributed by atoms with van der Waals surface area (Å²) in [6.45, 7) is 15.1. The zero-order valence-electron chi connectivity index (χ0n) is 23.8. The molecule has 1 aliphatic heterocycles. The summed E-state index contributed by atoms with van der Waals surface area (Å²) in [6, 6.07) is 8.16. The average Bonchev–Trinajstić information content (AvgIpc) is 3.37. The molecule has 2 aromatic rings. The Morgan fingerprint density at radius 3 is 2.53 bits per heavy atom. The SMILES string of the molecule is CCOc1cccc(Cn2cc(N3CCN(C(=O)[C@H]4CC[C@H](CN(CCO)C(C)(C)C)CC4)CC3)cn2)c1. The molecule has 1 saturated carbocycles. The average molecular weight is 526 g/mol. The Morgan fingerprint density at radius 2 is 1.87 bits per heavy atom. The summed E-state index contributed by atoms with van der Waals surface area (Å²) in [6.07, 6.45) is 8.20. The van der Waals surface area contributed by atoms with Crippen LogP contribution in [-0.2, 0) is 11.3 Å². The zero-order chi connectivity index (χ0) is 27.1. The van der Waals surface area contributed by atoms with Gasteiger partial charge in [0.2, 0.25) is 5.91 Å². The molecule has 4 rings (SSSR count). The van der Waals surface area contributed by atoms with Crippen molar-refractivity contribution in [2.24, 2.45) is 11.8 Å². The maximum atomic E-state index is 13.3. The fourth-order valence-corrected chi connectivity index (χ4v) is 5.86. The van der Waals surface area contributed by atoms with E-state index in [4.69, 9.17) is 4.74 Å². The zero-order valence-corrected chi connectivity index (χ0v) is 23.8. The number of benzene rings is 1. The fraction of sp³-hybridized carbons (Fsp3) is 0.667. The van der Waals surface area contributed by atoms with Gasteiger partial charge in [0.25, 0.3) is 0 Å². The van der Waals surface area contributed by atoms with E-state index < -0.39 is 0 Å². The van der Waals surface area contributed by atoms with Gasteiger partial charge in [0.15, 0.2) is 0 Å². The van der Waals surface area contributed by atoms with Gasteiger partial charge in [0, 0.05) is 56.9 Å². The van der Waals surface area contributed by atoms with Crippen LogP contribution < -0.4 is 9.64 Å². The van der Waals surface area contributed by atoms with Crippen LogP contribution in [0.15, 0.2) is 36.7 Å². The van der Waals surface area contributed by atoms with Gasteiger partial charge in [-0.05, 0) is 77.0 Å². The van der Waals surface area contributed by atoms with Crippen molar-refractivity contribution in [2.75, 3.05) is 57.4 Å². The quantitative estimate of drug-likeness (QED) is 0.508. The third kappa shape index (κ3) is 7.50. The maximum absolute atomic E-state index is 13.3. The standard InChI is InChI=1S/C30H47N5O3/c1-5-38-28-8-6-7-25(19-28)22-35-23-27(20-31-35)32-13-15-33(16-14-32)29(37)26-11-9-24(10-12-26)21-34(17-18-36)30(2,3)4/h6-8,19-20,23-24,26,36H,5,9-18,21-22H2,1-4H3/t24-,26-. The molecule has 8 nitrogen and oxygen atoms in total. The highest BCUT2D eigenvalue weighted by Crippen LogP contribution is 2.32. The number of hydrogen-bond acceptors (Lipinski definition) is 6. The number of nitrogens with zero attached hydrogens (tertiary/aromatic N) is 5. The molecule has 0 atom stereocenters. The van der Waals surface area contributed by atoms with Crippen LogP contribution in [0, 0.1) is 11.8 Å². The number of aliphatic hydroxyl groups excluding tert-OH is 1. The van der Waals surface area contributed by atoms with Crippen LogP contribution in [0.3, 0.4) is 0 Å². The summed E-state index contributed by atoms with van der Waals surface area (Å²) < 4.78 is 7.59. The molecule has 0 spiro atoms. The van der Waals surface area contributed by atoms with E-state index in [0.717, 1.165) is 75.4 Å². The van der Waals surface area contributed by atoms with E-state index in [0.29, 0.717) is 31.5 Å². The maximum Gasteiger partial charge on any atom is 0.225 e. The number of carbonyl (C=O) groups is 1. The van der Waals surface area contributed by atoms with Crippen LogP contribution in [0.25, 0.3) is 0 Å². The van der Waals surface area contributed by atoms with Crippen molar-refractivity contribution < 1.29 is 14.6 Å². The minimum atomic E-state index is 0.0558. The van der Waals surface area contributed by atoms with Gasteiger partial charge in [-0.3, -0.25) is 14.4 Å². The lowest BCUT2D eigenvalue weighted by Gasteiger charge is -2.41. The number of anilines is 1. The Hall–Kier alpha value is -2.58. The minimum Gasteiger partial charge on any atom is -0.494 e. The number of β-amino-alcohol motifs (C(OH)–C–C–N with tert-alkyl or cyclic N) is 1. The van der Waals surface area contributed by atoms with Crippen molar-refractivity contribution in [3.63, 3.8) is 0 Å². The summed E-state index contributed by atoms with van der Waals surface area (Å²) >= 11 is 0. The van der Waals surface area contributed by atoms with Gasteiger partial charge in [-0.15, -0.1) is 0 Å². The van der Waals surface area contributed by atoms with Crippen molar-refractivity contribution in [1.29, 1.82) is 0 Å². The van der Waals surface area contributed by atoms with Crippen LogP contribution in [0.4, 0.5) is 5.69 Å². The Labute approximate surface area is 228 Å². The van der Waals surface area contributed by atoms with Crippen LogP contribution in [0.2, 0.25) is 0 Å². The van der Waals surface area contributed by atoms with Crippen molar-refractivity contribution in [2.45, 2.75) is 65.5 Å². The molecule has 38 heavy (non-hydrogen) atoms. The number of rotatable bonds is 10. The first kappa shape index (κ1) is 28.4. The molecule has 2 aliphatic rings. The number of amides is 1. The molecule has 1 aliphatic carbocycles. The van der Waals surface area contributed by atoms with E-state index >= 15 is 0 Å². The Balaban J connectivity index is 1.22. The molecule has 1 amide bonds. The highest BCUT2D eigenvalue weighted by molar-refractivity contribution is 5.79. The van der Waals surface area contributed by atoms with E-state index in [1.807, 2.05) is 29.9 Å². The molecule has 1 N–H and O–H groups in total. The van der Waals surface area contributed by atoms with E-state index in [2.05, 4.69) is 58.9 Å². The highest BCUT2D eigenvalue weighted by atomic mass is 16.5. The van der Waals surface area contributed by atoms with E-state index in [-0.39, 0.29) is 18.1 Å². The largest absolute Gasteiger partial charge is 0.494 e. The lowest BCUT2D eigenvalue weighted by atomic mass is 9.80. The monoisotopic (exact) mass is 525 g/mol. The van der Waals surface area contributed by atoms with Gasteiger partial charge in [-0.2, -0.15) is 5.10 Å². The van der Waals surface area contributed by atoms with E-state index in [1.54, 1.807) is 0 Å². The van der Waals surface area contributed by atoms with Gasteiger partial charge in [-0.1, -0.05) is 12.1 Å². The summed E-state index contributed by atoms with van der Waals surface area (Å²) in [5.74, 6) is 2.00. The lowest BCUT2D eigenvalue weighted by Crippen LogP contribution is -2.51. The molecule has 2 fully saturated rings. The molecule has 2 heterocycles. The highest BCUT2D eigenvalue weighted by Gasteiger charge is 2.33. The Bertz CT molecular complexity index is 1020. The molecule has 1 aromatic heterocycles. The molecule has 0 radical (unpaired) electrons. The second-order valence-electron chi connectivity index (χ2n) is 11.8. The number of ether oxygens (including phenoxy) is 1. The summed E-state index contributed by atoms with van der Waals surface area (Å²) in [5, 5.41) is 14.0. The molecule has 0 unspecified atom stereocenters. The first-order valence-corrected chi connectivity index (χ1v) is 14.4. The van der Waals surface area contributed by atoms with Crippen LogP contribution >= 0.6 is 0 Å². The fourth-order valence-electron chi connectivity index (χ4n) is 5.86. The summed E-state index contributed by atoms with van der Waals surface area (Å²) in [7, 11) is 0. The Morgan fingerprint density at radius 1 is 1.13 bits per heavy atom. The molecule has 1 saturated heterocycles. The normalized spacial score (nSPS) is 20.7. The second kappa shape index (κ2) is 13.0. The summed E-state index contributed by atoms with van der Waals surface area (Å²) in [5.41, 5.74) is 2.33. The third-order valence-corrected chi connectivity index (χ3v) is 8.12. The number of piperazine rings is 1. The number of carbonyl (C=O) groups excluding carboxylic acids is 1. The van der Waals surface area contributed by atoms with Gasteiger partial charge >= 0.3 is 0 Å². The smallest absolute Gasteiger partial charge is 0.225 e. The van der Waals surface area contributed by atoms with Gasteiger partial charge < -0.3 is 19.6 Å². The van der Waals surface area contributed by atoms with Crippen molar-refractivity contribution >= 4 is 11.6 Å². The van der Waals surface area contributed by atoms with Crippen molar-refractivity contribution in [1.82, 2.24) is 19.6 Å². The predicted octanol–water partition coefficient (Wildman–Crippen LogP) is 3.88. The lowest BCUT2D eigenvalue weighted by molar-refractivity contribution is -0.137. The molecule has 8 heteroatoms. The molecular formula is C30H47N5O3. The molecule has 210 valence electrons. The summed E-state index contributed by atoms with van der Waals surface area (Å²) in [4.78, 5) is 20.1. The minimum absolute atomic E-state index is 0.0558. The van der Waals surface area contributed by atoms with E-state index in [1.165, 1.54) is 0 Å². The first-order chi connectivity index (χ1) is 18.3. The number of aromatic nitrogens is 2. The Kier molecular flexibility index (Phi) is 9.71. The topological polar surface area (TPSA) is 74.1 Å². The number of aliphatic hydroxyl groups is 1. The molecule has 0 bridgehead atoms. The number of hydrogen-bond donors (Lipinski definition) is 1. The predicted molar refractivity (Wildman–Crippen MR) is 152 cm³/mol. The van der Waals surface area contributed by atoms with Crippen LogP contribution in [0.1, 0.15) is 58.9 Å². The van der Waals surface area contributed by atoms with E-state index in [9.17, 15) is 9.90 Å². The molecule has 1 aromatic carbocycles. The van der Waals surface area contributed by atoms with Gasteiger partial charge in [0.05, 0.1) is 31.6 Å². The van der Waals surface area contributed by atoms with Gasteiger partial charge in [0.1, 0.15) is 5.75 Å². The second-order valence-corrected chi connectivity index (χ2v) is 11.8. The van der Waals surface area contributed by atoms with Crippen LogP contribution in [0.5, 0.6) is 5.75 Å². The van der Waals surface area contributed by atoms with Crippen molar-refractivity contribution in [3.8, 4) is 5.75 Å². The van der Waals surface area contributed by atoms with Gasteiger partial charge in [-0.25, -0.2) is 0 Å². The molecular weight excluding hydrogens is 478 g/mol. The first-order valence-electron chi connectivity index (χ1n) is 14.4.